The fourth-order valence-electron chi connectivity index (χ4n) is 2.59. The summed E-state index contributed by atoms with van der Waals surface area (Å²) >= 11 is 0. The lowest BCUT2D eigenvalue weighted by atomic mass is 10.1. The SMILES string of the molecule is Cc1nc(NC(=O)C2=NN(c3ccccc3)C(C(=O)OC(C)(C)C)C2)n[nH]1. The molecular formula is C18H22N6O3. The molecule has 1 aliphatic heterocycles. The molecule has 0 radical (unpaired) electrons. The number of hydrazone groups is 1. The minimum Gasteiger partial charge on any atom is -0.458 e. The van der Waals surface area contributed by atoms with Gasteiger partial charge in [0.15, 0.2) is 6.04 Å². The number of esters is 1. The first-order chi connectivity index (χ1) is 12.7. The van der Waals surface area contributed by atoms with Gasteiger partial charge in [0.2, 0.25) is 5.95 Å². The van der Waals surface area contributed by atoms with Crippen LogP contribution in [0, 0.1) is 6.92 Å². The summed E-state index contributed by atoms with van der Waals surface area (Å²) in [7, 11) is 0. The van der Waals surface area contributed by atoms with Crippen molar-refractivity contribution in [2.24, 2.45) is 5.10 Å². The molecule has 1 aromatic carbocycles. The fourth-order valence-corrected chi connectivity index (χ4v) is 2.59. The molecule has 0 bridgehead atoms. The molecule has 0 spiro atoms. The molecule has 0 aliphatic carbocycles. The number of nitrogens with one attached hydrogen (secondary N) is 2. The highest BCUT2D eigenvalue weighted by Gasteiger charge is 2.39. The van der Waals surface area contributed by atoms with Gasteiger partial charge in [-0.1, -0.05) is 18.2 Å². The van der Waals surface area contributed by atoms with Crippen LogP contribution in [-0.4, -0.2) is 44.4 Å². The van der Waals surface area contributed by atoms with Gasteiger partial charge >= 0.3 is 5.97 Å². The molecular weight excluding hydrogens is 348 g/mol. The van der Waals surface area contributed by atoms with Crippen molar-refractivity contribution in [3.63, 3.8) is 0 Å². The third kappa shape index (κ3) is 4.49. The monoisotopic (exact) mass is 370 g/mol. The number of anilines is 2. The molecule has 2 N–H and O–H groups in total. The van der Waals surface area contributed by atoms with Crippen molar-refractivity contribution in [2.75, 3.05) is 10.3 Å². The summed E-state index contributed by atoms with van der Waals surface area (Å²) in [5, 5.41) is 15.0. The number of amides is 1. The lowest BCUT2D eigenvalue weighted by Crippen LogP contribution is -2.40. The first-order valence-electron chi connectivity index (χ1n) is 8.58. The highest BCUT2D eigenvalue weighted by atomic mass is 16.6. The summed E-state index contributed by atoms with van der Waals surface area (Å²) in [6, 6.07) is 8.46. The topological polar surface area (TPSA) is 113 Å². The summed E-state index contributed by atoms with van der Waals surface area (Å²) in [6.07, 6.45) is 0.124. The average Bonchev–Trinajstić information content (AvgIpc) is 3.21. The number of para-hydroxylation sites is 1. The van der Waals surface area contributed by atoms with Crippen molar-refractivity contribution < 1.29 is 14.3 Å². The van der Waals surface area contributed by atoms with E-state index >= 15 is 0 Å². The Morgan fingerprint density at radius 2 is 1.96 bits per heavy atom. The van der Waals surface area contributed by atoms with E-state index in [1.807, 2.05) is 30.3 Å². The van der Waals surface area contributed by atoms with Gasteiger partial charge in [-0.05, 0) is 39.8 Å². The summed E-state index contributed by atoms with van der Waals surface area (Å²) in [5.41, 5.74) is 0.267. The van der Waals surface area contributed by atoms with Gasteiger partial charge in [0.25, 0.3) is 5.91 Å². The van der Waals surface area contributed by atoms with Gasteiger partial charge in [0, 0.05) is 6.42 Å². The van der Waals surface area contributed by atoms with E-state index in [0.29, 0.717) is 11.5 Å². The van der Waals surface area contributed by atoms with E-state index in [-0.39, 0.29) is 18.1 Å². The summed E-state index contributed by atoms with van der Waals surface area (Å²) in [4.78, 5) is 29.3. The highest BCUT2D eigenvalue weighted by Crippen LogP contribution is 2.26. The molecule has 1 atom stereocenters. The number of hydrogen-bond acceptors (Lipinski definition) is 7. The summed E-state index contributed by atoms with van der Waals surface area (Å²) in [5.74, 6) is -0.156. The first kappa shape index (κ1) is 18.6. The Morgan fingerprint density at radius 1 is 1.26 bits per heavy atom. The average molecular weight is 370 g/mol. The maximum absolute atomic E-state index is 12.7. The van der Waals surface area contributed by atoms with Gasteiger partial charge < -0.3 is 4.74 Å². The van der Waals surface area contributed by atoms with E-state index in [2.05, 4.69) is 25.6 Å². The van der Waals surface area contributed by atoms with E-state index < -0.39 is 23.5 Å². The Morgan fingerprint density at radius 3 is 2.56 bits per heavy atom. The van der Waals surface area contributed by atoms with Crippen molar-refractivity contribution in [2.45, 2.75) is 45.8 Å². The van der Waals surface area contributed by atoms with Crippen LogP contribution in [0.3, 0.4) is 0 Å². The van der Waals surface area contributed by atoms with Crippen LogP contribution in [0.2, 0.25) is 0 Å². The zero-order valence-electron chi connectivity index (χ0n) is 15.7. The summed E-state index contributed by atoms with van der Waals surface area (Å²) in [6.45, 7) is 7.12. The third-order valence-electron chi connectivity index (χ3n) is 3.69. The van der Waals surface area contributed by atoms with Crippen LogP contribution in [0.25, 0.3) is 0 Å². The van der Waals surface area contributed by atoms with Crippen LogP contribution in [-0.2, 0) is 14.3 Å². The predicted molar refractivity (Wildman–Crippen MR) is 100 cm³/mol. The number of aromatic nitrogens is 3. The predicted octanol–water partition coefficient (Wildman–Crippen LogP) is 2.03. The van der Waals surface area contributed by atoms with E-state index in [1.54, 1.807) is 27.7 Å². The standard InChI is InChI=1S/C18H22N6O3/c1-11-19-17(22-21-11)20-15(25)13-10-14(16(26)27-18(2,3)4)24(23-13)12-8-6-5-7-9-12/h5-9,14H,10H2,1-4H3,(H2,19,20,21,22,25). The van der Waals surface area contributed by atoms with Crippen LogP contribution < -0.4 is 10.3 Å². The molecule has 0 saturated heterocycles. The van der Waals surface area contributed by atoms with E-state index in [9.17, 15) is 9.59 Å². The van der Waals surface area contributed by atoms with Gasteiger partial charge in [-0.3, -0.25) is 20.2 Å². The fraction of sp³-hybridized carbons (Fsp3) is 0.389. The number of aryl methyl sites for hydroxylation is 1. The molecule has 0 saturated carbocycles. The number of hydrogen-bond donors (Lipinski definition) is 2. The van der Waals surface area contributed by atoms with Gasteiger partial charge in [0.1, 0.15) is 17.1 Å². The van der Waals surface area contributed by atoms with Crippen LogP contribution in [0.5, 0.6) is 0 Å². The molecule has 1 aliphatic rings. The number of nitrogens with zero attached hydrogens (tertiary/aromatic N) is 4. The van der Waals surface area contributed by atoms with Gasteiger partial charge in [-0.2, -0.15) is 10.1 Å². The van der Waals surface area contributed by atoms with Gasteiger partial charge in [-0.15, -0.1) is 5.10 Å². The Kier molecular flexibility index (Phi) is 4.93. The van der Waals surface area contributed by atoms with E-state index in [0.717, 1.165) is 0 Å². The number of rotatable bonds is 4. The zero-order valence-corrected chi connectivity index (χ0v) is 15.7. The largest absolute Gasteiger partial charge is 0.458 e. The Labute approximate surface area is 156 Å². The minimum atomic E-state index is -0.721. The van der Waals surface area contributed by atoms with Crippen molar-refractivity contribution in [3.05, 3.63) is 36.2 Å². The molecule has 2 aromatic rings. The second-order valence-electron chi connectivity index (χ2n) is 7.18. The minimum absolute atomic E-state index is 0.124. The zero-order chi connectivity index (χ0) is 19.6. The molecule has 0 fully saturated rings. The van der Waals surface area contributed by atoms with E-state index in [4.69, 9.17) is 4.74 Å². The molecule has 9 heteroatoms. The quantitative estimate of drug-likeness (QED) is 0.796. The van der Waals surface area contributed by atoms with Crippen LogP contribution in [0.4, 0.5) is 11.6 Å². The van der Waals surface area contributed by atoms with Crippen molar-refractivity contribution in [1.29, 1.82) is 0 Å². The lowest BCUT2D eigenvalue weighted by molar-refractivity contribution is -0.156. The van der Waals surface area contributed by atoms with Crippen LogP contribution >= 0.6 is 0 Å². The van der Waals surface area contributed by atoms with Gasteiger partial charge in [-0.25, -0.2) is 4.79 Å². The molecule has 1 amide bonds. The molecule has 2 heterocycles. The molecule has 27 heavy (non-hydrogen) atoms. The lowest BCUT2D eigenvalue weighted by Gasteiger charge is -2.26. The third-order valence-corrected chi connectivity index (χ3v) is 3.69. The molecule has 1 unspecified atom stereocenters. The van der Waals surface area contributed by atoms with Crippen molar-refractivity contribution >= 4 is 29.2 Å². The second kappa shape index (κ2) is 7.18. The number of carbonyl (C=O) groups is 2. The number of ether oxygens (including phenoxy) is 1. The normalized spacial score (nSPS) is 16.8. The van der Waals surface area contributed by atoms with Crippen LogP contribution in [0.1, 0.15) is 33.0 Å². The Balaban J connectivity index is 1.83. The molecule has 9 nitrogen and oxygen atoms in total. The maximum Gasteiger partial charge on any atom is 0.331 e. The van der Waals surface area contributed by atoms with Crippen LogP contribution in [0.15, 0.2) is 35.4 Å². The molecule has 1 aromatic heterocycles. The first-order valence-corrected chi connectivity index (χ1v) is 8.58. The van der Waals surface area contributed by atoms with E-state index in [1.165, 1.54) is 5.01 Å². The van der Waals surface area contributed by atoms with Crippen molar-refractivity contribution in [1.82, 2.24) is 15.2 Å². The molecule has 3 rings (SSSR count). The number of aromatic amines is 1. The smallest absolute Gasteiger partial charge is 0.331 e. The summed E-state index contributed by atoms with van der Waals surface area (Å²) < 4.78 is 5.51. The number of H-pyrrole nitrogens is 1. The second-order valence-corrected chi connectivity index (χ2v) is 7.18. The van der Waals surface area contributed by atoms with Gasteiger partial charge in [0.05, 0.1) is 5.69 Å². The molecule has 142 valence electrons. The number of benzene rings is 1. The maximum atomic E-state index is 12.7. The number of carbonyl (C=O) groups excluding carboxylic acids is 2. The van der Waals surface area contributed by atoms with Crippen molar-refractivity contribution in [3.8, 4) is 0 Å². The Bertz CT molecular complexity index is 869. The Hall–Kier alpha value is -3.23. The highest BCUT2D eigenvalue weighted by molar-refractivity contribution is 6.44.